The fourth-order valence-electron chi connectivity index (χ4n) is 4.29. The molecule has 2 aliphatic rings. The summed E-state index contributed by atoms with van der Waals surface area (Å²) in [5.41, 5.74) is 0.328. The molecule has 7 heteroatoms. The van der Waals surface area contributed by atoms with Crippen LogP contribution in [0.1, 0.15) is 47.7 Å². The van der Waals surface area contributed by atoms with Gasteiger partial charge in [-0.05, 0) is 24.6 Å². The highest BCUT2D eigenvalue weighted by Crippen LogP contribution is 2.45. The molecule has 7 nitrogen and oxygen atoms in total. The first-order chi connectivity index (χ1) is 14.5. The molecule has 0 radical (unpaired) electrons. The van der Waals surface area contributed by atoms with Crippen molar-refractivity contribution in [3.8, 4) is 6.07 Å². The molecule has 0 aromatic heterocycles. The Bertz CT molecular complexity index is 1070. The molecule has 30 heavy (non-hydrogen) atoms. The predicted molar refractivity (Wildman–Crippen MR) is 108 cm³/mol. The third-order valence-corrected chi connectivity index (χ3v) is 5.64. The van der Waals surface area contributed by atoms with Gasteiger partial charge in [-0.2, -0.15) is 5.26 Å². The molecule has 2 aromatic rings. The molecule has 0 bridgehead atoms. The van der Waals surface area contributed by atoms with E-state index in [2.05, 4.69) is 6.07 Å². The fraction of sp³-hybridized carbons (Fsp3) is 0.304. The minimum absolute atomic E-state index is 0.109. The molecule has 0 unspecified atom stereocenters. The molecule has 0 spiro atoms. The normalized spacial score (nSPS) is 19.9. The first-order valence-electron chi connectivity index (χ1n) is 9.94. The number of fused-ring (bicyclic) bond motifs is 3. The molecule has 0 aliphatic carbocycles. The summed E-state index contributed by atoms with van der Waals surface area (Å²) in [6.45, 7) is 2.13. The largest absolute Gasteiger partial charge is 0.458 e. The summed E-state index contributed by atoms with van der Waals surface area (Å²) in [5, 5.41) is 9.28. The number of nitriles is 1. The van der Waals surface area contributed by atoms with Crippen LogP contribution in [-0.4, -0.2) is 34.9 Å². The maximum Gasteiger partial charge on any atom is 0.354 e. The number of hydrogen-bond acceptors (Lipinski definition) is 5. The molecule has 1 atom stereocenters. The first kappa shape index (κ1) is 19.6. The zero-order valence-electron chi connectivity index (χ0n) is 16.6. The number of hydrogen-bond donors (Lipinski definition) is 0. The van der Waals surface area contributed by atoms with Crippen LogP contribution in [0.2, 0.25) is 0 Å². The lowest BCUT2D eigenvalue weighted by atomic mass is 9.96. The van der Waals surface area contributed by atoms with Crippen molar-refractivity contribution in [3.63, 3.8) is 0 Å². The molecule has 0 N–H and O–H groups in total. The number of carbonyl (C=O) groups excluding carboxylic acids is 3. The molecule has 1 saturated heterocycles. The maximum atomic E-state index is 13.5. The van der Waals surface area contributed by atoms with Crippen LogP contribution in [0.25, 0.3) is 0 Å². The molecule has 2 aromatic carbocycles. The summed E-state index contributed by atoms with van der Waals surface area (Å²) in [4.78, 5) is 42.5. The van der Waals surface area contributed by atoms with Crippen LogP contribution in [0, 0.1) is 11.3 Å². The third-order valence-electron chi connectivity index (χ3n) is 5.64. The zero-order chi connectivity index (χ0) is 21.3. The van der Waals surface area contributed by atoms with Crippen molar-refractivity contribution in [1.29, 1.82) is 5.26 Å². The van der Waals surface area contributed by atoms with E-state index in [9.17, 15) is 19.6 Å². The number of para-hydroxylation sites is 1. The van der Waals surface area contributed by atoms with Crippen LogP contribution < -0.4 is 4.90 Å². The predicted octanol–water partition coefficient (Wildman–Crippen LogP) is 2.99. The molecule has 152 valence electrons. The van der Waals surface area contributed by atoms with E-state index in [0.717, 1.165) is 0 Å². The van der Waals surface area contributed by atoms with Gasteiger partial charge in [-0.25, -0.2) is 4.79 Å². The van der Waals surface area contributed by atoms with Gasteiger partial charge in [0.1, 0.15) is 6.61 Å². The second kappa shape index (κ2) is 7.64. The van der Waals surface area contributed by atoms with Crippen molar-refractivity contribution in [2.75, 3.05) is 11.4 Å². The molecule has 4 rings (SSSR count). The number of anilines is 1. The molecular weight excluding hydrogens is 382 g/mol. The van der Waals surface area contributed by atoms with E-state index in [4.69, 9.17) is 4.74 Å². The van der Waals surface area contributed by atoms with E-state index >= 15 is 0 Å². The van der Waals surface area contributed by atoms with Crippen LogP contribution in [-0.2, 0) is 20.9 Å². The average Bonchev–Trinajstić information content (AvgIpc) is 3.13. The monoisotopic (exact) mass is 403 g/mol. The van der Waals surface area contributed by atoms with Crippen LogP contribution in [0.15, 0.2) is 48.5 Å². The third kappa shape index (κ3) is 2.84. The topological polar surface area (TPSA) is 90.7 Å². The van der Waals surface area contributed by atoms with E-state index in [1.807, 2.05) is 6.92 Å². The van der Waals surface area contributed by atoms with Crippen molar-refractivity contribution >= 4 is 23.5 Å². The van der Waals surface area contributed by atoms with Gasteiger partial charge >= 0.3 is 5.97 Å². The van der Waals surface area contributed by atoms with Gasteiger partial charge < -0.3 is 9.64 Å². The Hall–Kier alpha value is -3.66. The maximum absolute atomic E-state index is 13.5. The summed E-state index contributed by atoms with van der Waals surface area (Å²) in [6.07, 6.45) is 0.943. The van der Waals surface area contributed by atoms with E-state index in [-0.39, 0.29) is 31.3 Å². The van der Waals surface area contributed by atoms with Gasteiger partial charge in [0, 0.05) is 24.9 Å². The number of esters is 1. The van der Waals surface area contributed by atoms with Crippen molar-refractivity contribution in [3.05, 3.63) is 65.2 Å². The number of amides is 2. The Morgan fingerprint density at radius 2 is 1.90 bits per heavy atom. The summed E-state index contributed by atoms with van der Waals surface area (Å²) < 4.78 is 5.63. The van der Waals surface area contributed by atoms with E-state index in [1.54, 1.807) is 48.5 Å². The smallest absolute Gasteiger partial charge is 0.354 e. The lowest BCUT2D eigenvalue weighted by Crippen LogP contribution is -2.68. The van der Waals surface area contributed by atoms with Crippen molar-refractivity contribution < 1.29 is 19.1 Å². The van der Waals surface area contributed by atoms with Gasteiger partial charge in [-0.3, -0.25) is 14.5 Å². The Morgan fingerprint density at radius 3 is 2.67 bits per heavy atom. The lowest BCUT2D eigenvalue weighted by molar-refractivity contribution is -0.158. The van der Waals surface area contributed by atoms with Gasteiger partial charge in [0.05, 0.1) is 22.9 Å². The molecule has 2 heterocycles. The number of benzene rings is 2. The van der Waals surface area contributed by atoms with Gasteiger partial charge in [-0.15, -0.1) is 0 Å². The summed E-state index contributed by atoms with van der Waals surface area (Å²) in [6, 6.07) is 15.8. The highest BCUT2D eigenvalue weighted by Gasteiger charge is 2.61. The van der Waals surface area contributed by atoms with Gasteiger partial charge in [0.15, 0.2) is 0 Å². The Morgan fingerprint density at radius 1 is 1.17 bits per heavy atom. The molecule has 2 aliphatic heterocycles. The van der Waals surface area contributed by atoms with Crippen LogP contribution in [0.3, 0.4) is 0 Å². The number of carbonyl (C=O) groups is 3. The van der Waals surface area contributed by atoms with Gasteiger partial charge in [0.2, 0.25) is 11.6 Å². The highest BCUT2D eigenvalue weighted by molar-refractivity contribution is 6.15. The zero-order valence-corrected chi connectivity index (χ0v) is 16.6. The van der Waals surface area contributed by atoms with Crippen molar-refractivity contribution in [1.82, 2.24) is 4.90 Å². The highest BCUT2D eigenvalue weighted by atomic mass is 16.5. The summed E-state index contributed by atoms with van der Waals surface area (Å²) in [7, 11) is 0. The molecule has 2 amide bonds. The van der Waals surface area contributed by atoms with E-state index in [0.29, 0.717) is 35.3 Å². The molecular formula is C23H21N3O4. The van der Waals surface area contributed by atoms with Crippen molar-refractivity contribution in [2.45, 2.75) is 38.5 Å². The first-order valence-corrected chi connectivity index (χ1v) is 9.94. The standard InChI is InChI=1S/C23H21N3O4/c1-2-13-25-21(28)18-9-5-6-10-19(18)26-20(27)11-12-23(25,26)22(29)30-15-17-8-4-3-7-16(17)14-24/h3-10H,2,11-13,15H2,1H3/t23-/m0/s1. The minimum atomic E-state index is -1.50. The molecule has 1 fully saturated rings. The lowest BCUT2D eigenvalue weighted by Gasteiger charge is -2.48. The Balaban J connectivity index is 1.75. The van der Waals surface area contributed by atoms with Crippen LogP contribution >= 0.6 is 0 Å². The number of nitrogens with zero attached hydrogens (tertiary/aromatic N) is 3. The van der Waals surface area contributed by atoms with E-state index in [1.165, 1.54) is 9.80 Å². The quantitative estimate of drug-likeness (QED) is 0.716. The SMILES string of the molecule is CCCN1C(=O)c2ccccc2N2C(=O)CC[C@]12C(=O)OCc1ccccc1C#N. The Labute approximate surface area is 174 Å². The fourth-order valence-corrected chi connectivity index (χ4v) is 4.29. The van der Waals surface area contributed by atoms with Crippen LogP contribution in [0.4, 0.5) is 5.69 Å². The Kier molecular flexibility index (Phi) is 5.00. The summed E-state index contributed by atoms with van der Waals surface area (Å²) in [5.74, 6) is -1.16. The van der Waals surface area contributed by atoms with Gasteiger partial charge in [-0.1, -0.05) is 37.3 Å². The average molecular weight is 403 g/mol. The summed E-state index contributed by atoms with van der Waals surface area (Å²) >= 11 is 0. The number of ether oxygens (including phenoxy) is 1. The molecule has 0 saturated carbocycles. The van der Waals surface area contributed by atoms with Crippen LogP contribution in [0.5, 0.6) is 0 Å². The second-order valence-corrected chi connectivity index (χ2v) is 7.36. The second-order valence-electron chi connectivity index (χ2n) is 7.36. The van der Waals surface area contributed by atoms with Crippen molar-refractivity contribution in [2.24, 2.45) is 0 Å². The van der Waals surface area contributed by atoms with E-state index < -0.39 is 11.6 Å². The minimum Gasteiger partial charge on any atom is -0.458 e. The number of rotatable bonds is 5. The van der Waals surface area contributed by atoms with Gasteiger partial charge in [0.25, 0.3) is 5.91 Å².